The number of aromatic amines is 1. The first-order valence-electron chi connectivity index (χ1n) is 4.18. The van der Waals surface area contributed by atoms with Crippen LogP contribution >= 0.6 is 0 Å². The standard InChI is InChI=1S/C10H7NO4.H2O/c12-7-3-1-2-5-8(13)4-6(10(14)15)11-9(5)7;/h1-4,12H,(H,11,13)(H,14,15);1H2. The molecule has 16 heavy (non-hydrogen) atoms. The zero-order valence-corrected chi connectivity index (χ0v) is 8.02. The summed E-state index contributed by atoms with van der Waals surface area (Å²) in [6.07, 6.45) is 0. The van der Waals surface area contributed by atoms with E-state index in [-0.39, 0.29) is 27.8 Å². The van der Waals surface area contributed by atoms with Crippen LogP contribution in [0, 0.1) is 0 Å². The molecule has 2 aromatic rings. The van der Waals surface area contributed by atoms with Crippen LogP contribution in [0.2, 0.25) is 0 Å². The highest BCUT2D eigenvalue weighted by atomic mass is 16.4. The zero-order valence-electron chi connectivity index (χ0n) is 8.02. The van der Waals surface area contributed by atoms with E-state index in [2.05, 4.69) is 4.98 Å². The molecule has 84 valence electrons. The van der Waals surface area contributed by atoms with E-state index in [1.54, 1.807) is 0 Å². The largest absolute Gasteiger partial charge is 0.506 e. The number of phenols is 1. The second-order valence-electron chi connectivity index (χ2n) is 3.05. The third-order valence-corrected chi connectivity index (χ3v) is 2.07. The second kappa shape index (κ2) is 4.03. The highest BCUT2D eigenvalue weighted by Gasteiger charge is 2.09. The molecule has 0 saturated heterocycles. The molecule has 1 aromatic carbocycles. The number of hydrogen-bond donors (Lipinski definition) is 3. The van der Waals surface area contributed by atoms with E-state index < -0.39 is 11.4 Å². The topological polar surface area (TPSA) is 122 Å². The van der Waals surface area contributed by atoms with Crippen LogP contribution in [-0.4, -0.2) is 26.6 Å². The molecule has 0 amide bonds. The van der Waals surface area contributed by atoms with Gasteiger partial charge in [-0.3, -0.25) is 4.79 Å². The van der Waals surface area contributed by atoms with E-state index >= 15 is 0 Å². The first-order chi connectivity index (χ1) is 7.09. The van der Waals surface area contributed by atoms with E-state index in [0.717, 1.165) is 6.07 Å². The Morgan fingerprint density at radius 3 is 2.62 bits per heavy atom. The molecule has 0 fully saturated rings. The number of aromatic carboxylic acids is 1. The average molecular weight is 223 g/mol. The lowest BCUT2D eigenvalue weighted by Crippen LogP contribution is -2.09. The number of aromatic hydroxyl groups is 1. The monoisotopic (exact) mass is 223 g/mol. The van der Waals surface area contributed by atoms with Gasteiger partial charge in [0.1, 0.15) is 11.4 Å². The highest BCUT2D eigenvalue weighted by molar-refractivity contribution is 5.91. The summed E-state index contributed by atoms with van der Waals surface area (Å²) in [4.78, 5) is 24.6. The van der Waals surface area contributed by atoms with Gasteiger partial charge in [-0.1, -0.05) is 6.07 Å². The zero-order chi connectivity index (χ0) is 11.0. The number of H-pyrrole nitrogens is 1. The van der Waals surface area contributed by atoms with Gasteiger partial charge in [-0.25, -0.2) is 4.79 Å². The lowest BCUT2D eigenvalue weighted by molar-refractivity contribution is 0.0691. The lowest BCUT2D eigenvalue weighted by atomic mass is 10.2. The Hall–Kier alpha value is -2.34. The second-order valence-corrected chi connectivity index (χ2v) is 3.05. The normalized spacial score (nSPS) is 9.75. The van der Waals surface area contributed by atoms with Crippen LogP contribution in [0.1, 0.15) is 10.5 Å². The van der Waals surface area contributed by atoms with Crippen molar-refractivity contribution >= 4 is 16.9 Å². The third-order valence-electron chi connectivity index (χ3n) is 2.07. The van der Waals surface area contributed by atoms with Crippen molar-refractivity contribution in [2.24, 2.45) is 0 Å². The minimum Gasteiger partial charge on any atom is -0.506 e. The summed E-state index contributed by atoms with van der Waals surface area (Å²) < 4.78 is 0. The van der Waals surface area contributed by atoms with Crippen molar-refractivity contribution in [3.8, 4) is 5.75 Å². The van der Waals surface area contributed by atoms with Crippen LogP contribution < -0.4 is 5.43 Å². The molecular formula is C10H9NO5. The van der Waals surface area contributed by atoms with Crippen LogP contribution in [0.5, 0.6) is 5.75 Å². The SMILES string of the molecule is O.O=C(O)c1cc(=O)c2cccc(O)c2[nH]1. The number of benzene rings is 1. The molecule has 0 aliphatic carbocycles. The first kappa shape index (κ1) is 11.7. The molecule has 0 spiro atoms. The van der Waals surface area contributed by atoms with Crippen LogP contribution in [0.3, 0.4) is 0 Å². The number of carboxylic acid groups (broad SMARTS) is 1. The number of hydrogen-bond acceptors (Lipinski definition) is 3. The van der Waals surface area contributed by atoms with Crippen molar-refractivity contribution < 1.29 is 20.5 Å². The molecule has 0 bridgehead atoms. The molecule has 1 heterocycles. The van der Waals surface area contributed by atoms with Gasteiger partial charge in [-0.05, 0) is 12.1 Å². The maximum Gasteiger partial charge on any atom is 0.352 e. The van der Waals surface area contributed by atoms with E-state index in [9.17, 15) is 14.7 Å². The van der Waals surface area contributed by atoms with E-state index in [4.69, 9.17) is 5.11 Å². The Labute approximate surface area is 89.1 Å². The van der Waals surface area contributed by atoms with Crippen molar-refractivity contribution in [3.05, 3.63) is 40.2 Å². The summed E-state index contributed by atoms with van der Waals surface area (Å²) in [5.74, 6) is -1.38. The van der Waals surface area contributed by atoms with Crippen LogP contribution in [0.4, 0.5) is 0 Å². The molecule has 1 aromatic heterocycles. The molecule has 0 unspecified atom stereocenters. The molecule has 0 aliphatic heterocycles. The number of fused-ring (bicyclic) bond motifs is 1. The molecule has 0 aliphatic rings. The smallest absolute Gasteiger partial charge is 0.352 e. The highest BCUT2D eigenvalue weighted by Crippen LogP contribution is 2.19. The van der Waals surface area contributed by atoms with E-state index in [0.29, 0.717) is 0 Å². The summed E-state index contributed by atoms with van der Waals surface area (Å²) in [7, 11) is 0. The molecular weight excluding hydrogens is 214 g/mol. The number of carbonyl (C=O) groups is 1. The van der Waals surface area contributed by atoms with E-state index in [1.807, 2.05) is 0 Å². The van der Waals surface area contributed by atoms with Crippen molar-refractivity contribution in [3.63, 3.8) is 0 Å². The lowest BCUT2D eigenvalue weighted by Gasteiger charge is -2.01. The van der Waals surface area contributed by atoms with Crippen LogP contribution in [-0.2, 0) is 0 Å². The molecule has 0 saturated carbocycles. The number of aromatic nitrogens is 1. The number of pyridine rings is 1. The maximum absolute atomic E-state index is 11.5. The van der Waals surface area contributed by atoms with Gasteiger partial charge in [0.25, 0.3) is 0 Å². The summed E-state index contributed by atoms with van der Waals surface area (Å²) in [6, 6.07) is 5.40. The number of rotatable bonds is 1. The van der Waals surface area contributed by atoms with Crippen molar-refractivity contribution in [2.45, 2.75) is 0 Å². The van der Waals surface area contributed by atoms with Gasteiger partial charge < -0.3 is 20.7 Å². The Kier molecular flexibility index (Phi) is 2.96. The Morgan fingerprint density at radius 1 is 1.31 bits per heavy atom. The van der Waals surface area contributed by atoms with Gasteiger partial charge in [0.2, 0.25) is 0 Å². The number of nitrogens with one attached hydrogen (secondary N) is 1. The van der Waals surface area contributed by atoms with Crippen LogP contribution in [0.15, 0.2) is 29.1 Å². The van der Waals surface area contributed by atoms with Crippen LogP contribution in [0.25, 0.3) is 10.9 Å². The number of para-hydroxylation sites is 1. The van der Waals surface area contributed by atoms with Gasteiger partial charge in [0.15, 0.2) is 5.43 Å². The minimum absolute atomic E-state index is 0. The molecule has 2 rings (SSSR count). The summed E-state index contributed by atoms with van der Waals surface area (Å²) in [5, 5.41) is 18.4. The maximum atomic E-state index is 11.5. The average Bonchev–Trinajstić information content (AvgIpc) is 2.19. The molecule has 0 atom stereocenters. The van der Waals surface area contributed by atoms with Crippen molar-refractivity contribution in [1.82, 2.24) is 4.98 Å². The predicted octanol–water partition coefficient (Wildman–Crippen LogP) is 0.107. The van der Waals surface area contributed by atoms with Gasteiger partial charge in [-0.15, -0.1) is 0 Å². The summed E-state index contributed by atoms with van der Waals surface area (Å²) >= 11 is 0. The fourth-order valence-electron chi connectivity index (χ4n) is 1.37. The summed E-state index contributed by atoms with van der Waals surface area (Å²) in [6.45, 7) is 0. The first-order valence-corrected chi connectivity index (χ1v) is 4.18. The predicted molar refractivity (Wildman–Crippen MR) is 56.8 cm³/mol. The van der Waals surface area contributed by atoms with Gasteiger partial charge in [-0.2, -0.15) is 0 Å². The van der Waals surface area contributed by atoms with Crippen molar-refractivity contribution in [1.29, 1.82) is 0 Å². The summed E-state index contributed by atoms with van der Waals surface area (Å²) in [5.41, 5.74) is -0.534. The minimum atomic E-state index is -1.24. The van der Waals surface area contributed by atoms with Gasteiger partial charge in [0.05, 0.1) is 5.52 Å². The third kappa shape index (κ3) is 1.73. The van der Waals surface area contributed by atoms with Gasteiger partial charge in [0, 0.05) is 11.5 Å². The van der Waals surface area contributed by atoms with Crippen molar-refractivity contribution in [2.75, 3.05) is 0 Å². The Morgan fingerprint density at radius 2 is 2.00 bits per heavy atom. The Balaban J connectivity index is 0.00000128. The molecule has 6 nitrogen and oxygen atoms in total. The van der Waals surface area contributed by atoms with E-state index in [1.165, 1.54) is 18.2 Å². The van der Waals surface area contributed by atoms with Gasteiger partial charge >= 0.3 is 5.97 Å². The number of phenolic OH excluding ortho intramolecular Hbond substituents is 1. The molecule has 0 radical (unpaired) electrons. The number of carboxylic acids is 1. The molecule has 5 N–H and O–H groups in total. The fourth-order valence-corrected chi connectivity index (χ4v) is 1.37. The molecule has 6 heteroatoms. The fraction of sp³-hybridized carbons (Fsp3) is 0. The Bertz CT molecular complexity index is 602. The quantitative estimate of drug-likeness (QED) is 0.634.